The van der Waals surface area contributed by atoms with Gasteiger partial charge in [0, 0.05) is 30.8 Å². The molecule has 4 N–H and O–H groups in total. The first kappa shape index (κ1) is 51.2. The number of carbonyl (C=O) groups excluding carboxylic acids is 5. The number of nitrogens with two attached hydrogens (primary N) is 1. The molecular formula is C58H52N6O13. The molecule has 1 spiro atoms. The number of nitro benzene ring substituents is 1. The number of morpholine rings is 1. The third kappa shape index (κ3) is 9.38. The van der Waals surface area contributed by atoms with Gasteiger partial charge in [-0.05, 0) is 100.0 Å². The Morgan fingerprint density at radius 3 is 2.17 bits per heavy atom. The molecular weight excluding hydrogens is 989 g/mol. The Morgan fingerprint density at radius 1 is 0.844 bits per heavy atom. The molecule has 19 nitrogen and oxygen atoms in total. The van der Waals surface area contributed by atoms with Crippen molar-refractivity contribution < 1.29 is 57.7 Å². The molecule has 0 bridgehead atoms. The molecule has 4 heterocycles. The van der Waals surface area contributed by atoms with Crippen LogP contribution in [0.2, 0.25) is 0 Å². The maximum absolute atomic E-state index is 16.8. The molecule has 4 aliphatic rings. The van der Waals surface area contributed by atoms with Crippen molar-refractivity contribution in [3.8, 4) is 29.1 Å². The van der Waals surface area contributed by atoms with Crippen molar-refractivity contribution in [1.82, 2.24) is 15.1 Å². The number of hydrogen-bond acceptors (Lipinski definition) is 14. The Morgan fingerprint density at radius 2 is 1.52 bits per heavy atom. The van der Waals surface area contributed by atoms with Gasteiger partial charge in [-0.2, -0.15) is 0 Å². The van der Waals surface area contributed by atoms with Crippen LogP contribution in [0, 0.1) is 27.9 Å². The van der Waals surface area contributed by atoms with Gasteiger partial charge in [0.25, 0.3) is 5.69 Å². The number of carbonyl (C=O) groups is 5. The first-order chi connectivity index (χ1) is 37.4. The van der Waals surface area contributed by atoms with Crippen LogP contribution >= 0.6 is 0 Å². The zero-order valence-corrected chi connectivity index (χ0v) is 41.8. The minimum atomic E-state index is -2.18. The maximum atomic E-state index is 16.8. The summed E-state index contributed by atoms with van der Waals surface area (Å²) >= 11 is 0. The smallest absolute Gasteiger partial charge is 0.421 e. The van der Waals surface area contributed by atoms with Crippen molar-refractivity contribution in [3.63, 3.8) is 0 Å². The molecule has 6 aromatic rings. The van der Waals surface area contributed by atoms with Crippen LogP contribution in [-0.2, 0) is 48.8 Å². The summed E-state index contributed by atoms with van der Waals surface area (Å²) in [7, 11) is 3.05. The topological polar surface area (TPSA) is 243 Å². The Balaban J connectivity index is 1.23. The van der Waals surface area contributed by atoms with Crippen molar-refractivity contribution in [2.45, 2.75) is 49.2 Å². The summed E-state index contributed by atoms with van der Waals surface area (Å²) < 4.78 is 29.7. The van der Waals surface area contributed by atoms with Crippen LogP contribution in [0.25, 0.3) is 0 Å². The van der Waals surface area contributed by atoms with Crippen molar-refractivity contribution in [3.05, 3.63) is 194 Å². The lowest BCUT2D eigenvalue weighted by molar-refractivity contribution is -0.384. The van der Waals surface area contributed by atoms with Crippen LogP contribution in [0.4, 0.5) is 21.0 Å². The van der Waals surface area contributed by atoms with Gasteiger partial charge in [-0.15, -0.1) is 0 Å². The number of imide groups is 1. The molecule has 6 aromatic carbocycles. The standard InChI is InChI=1S/C58H52N6O13/c1-73-46-31-40-25-27-61(33-41(40)32-47(46)74-2)53(66)48-50-54(67)77-51(38-13-7-4-8-14-38)49(37-11-5-3-6-12-37)63(50)52(39-18-22-43(23-19-39)75-29-28-65)58(48)44-30-35(10-9-26-60-56(59)69)17-24-45(44)62(55(58)68)57(70)76-34-36-15-20-42(21-16-36)64(71)72/h3-8,11-24,30-32,48-52,65H,25-29,33-34H2,1-2H3,(H3,59,60,69). The number of nitrogens with zero attached hydrogens (tertiary/aromatic N) is 4. The van der Waals surface area contributed by atoms with E-state index in [0.717, 1.165) is 16.0 Å². The molecule has 4 aliphatic heterocycles. The molecule has 77 heavy (non-hydrogen) atoms. The highest BCUT2D eigenvalue weighted by atomic mass is 16.6. The molecule has 392 valence electrons. The fraction of sp³-hybridized carbons (Fsp3) is 0.259. The summed E-state index contributed by atoms with van der Waals surface area (Å²) in [6, 6.07) is 34.7. The molecule has 0 radical (unpaired) electrons. The number of benzene rings is 6. The Hall–Kier alpha value is -9.25. The lowest BCUT2D eigenvalue weighted by atomic mass is 9.64. The Bertz CT molecular complexity index is 3330. The number of rotatable bonds is 13. The molecule has 2 saturated heterocycles. The number of primary amides is 1. The van der Waals surface area contributed by atoms with E-state index in [-0.39, 0.29) is 49.8 Å². The molecule has 10 rings (SSSR count). The fourth-order valence-corrected chi connectivity index (χ4v) is 11.3. The normalized spacial score (nSPS) is 21.2. The predicted octanol–water partition coefficient (Wildman–Crippen LogP) is 6.59. The summed E-state index contributed by atoms with van der Waals surface area (Å²) in [6.45, 7) is -0.622. The van der Waals surface area contributed by atoms with Crippen LogP contribution in [0.3, 0.4) is 0 Å². The second-order valence-corrected chi connectivity index (χ2v) is 18.8. The van der Waals surface area contributed by atoms with Crippen LogP contribution in [0.5, 0.6) is 17.2 Å². The number of nitrogens with one attached hydrogen (secondary N) is 1. The Labute approximate surface area is 442 Å². The number of cyclic esters (lactones) is 1. The second kappa shape index (κ2) is 21.5. The number of aliphatic hydroxyl groups is 1. The number of fused-ring (bicyclic) bond motifs is 4. The van der Waals surface area contributed by atoms with Crippen molar-refractivity contribution in [1.29, 1.82) is 0 Å². The van der Waals surface area contributed by atoms with E-state index in [4.69, 9.17) is 29.4 Å². The second-order valence-electron chi connectivity index (χ2n) is 18.8. The van der Waals surface area contributed by atoms with Crippen LogP contribution in [0.1, 0.15) is 62.7 Å². The number of anilines is 1. The van der Waals surface area contributed by atoms with Crippen molar-refractivity contribution >= 4 is 41.3 Å². The van der Waals surface area contributed by atoms with Crippen molar-refractivity contribution in [2.24, 2.45) is 11.7 Å². The number of non-ortho nitro benzene ring substituents is 1. The number of hydrogen-bond donors (Lipinski definition) is 3. The van der Waals surface area contributed by atoms with Gasteiger partial charge in [-0.25, -0.2) is 14.5 Å². The van der Waals surface area contributed by atoms with E-state index in [1.54, 1.807) is 47.4 Å². The fourth-order valence-electron chi connectivity index (χ4n) is 11.3. The lowest BCUT2D eigenvalue weighted by Crippen LogP contribution is -2.57. The van der Waals surface area contributed by atoms with E-state index in [1.165, 1.54) is 44.6 Å². The number of aliphatic hydroxyl groups excluding tert-OH is 1. The van der Waals surface area contributed by atoms with E-state index in [1.807, 2.05) is 71.6 Å². The molecule has 6 unspecified atom stereocenters. The van der Waals surface area contributed by atoms with E-state index in [0.29, 0.717) is 51.5 Å². The van der Waals surface area contributed by atoms with Crippen LogP contribution in [0.15, 0.2) is 140 Å². The SMILES string of the molecule is COc1cc2c(cc1OC)CN(C(=O)C1C3C(=O)OC(c4ccccc4)C(c4ccccc4)N3C(c3ccc(OCCO)cc3)C13C(=O)N(C(=O)OCc1ccc([N+](=O)[O-])cc1)c1ccc(C#CCNC(N)=O)cc13)CC2. The van der Waals surface area contributed by atoms with Crippen LogP contribution < -0.4 is 30.2 Å². The molecule has 5 amide bonds. The zero-order valence-electron chi connectivity index (χ0n) is 41.8. The van der Waals surface area contributed by atoms with Crippen molar-refractivity contribution in [2.75, 3.05) is 45.4 Å². The van der Waals surface area contributed by atoms with Gasteiger partial charge in [-0.1, -0.05) is 84.6 Å². The van der Waals surface area contributed by atoms with Gasteiger partial charge in [0.1, 0.15) is 36.5 Å². The average Bonchev–Trinajstić information content (AvgIpc) is 4.15. The highest BCUT2D eigenvalue weighted by Gasteiger charge is 2.76. The van der Waals surface area contributed by atoms with Gasteiger partial charge in [0.15, 0.2) is 11.5 Å². The molecule has 0 aromatic heterocycles. The lowest BCUT2D eigenvalue weighted by Gasteiger charge is -2.46. The zero-order chi connectivity index (χ0) is 54.0. The number of esters is 1. The highest BCUT2D eigenvalue weighted by molar-refractivity contribution is 6.23. The highest BCUT2D eigenvalue weighted by Crippen LogP contribution is 2.66. The number of nitro groups is 1. The quantitative estimate of drug-likeness (QED) is 0.0479. The van der Waals surface area contributed by atoms with Gasteiger partial charge in [-0.3, -0.25) is 29.4 Å². The first-order valence-corrected chi connectivity index (χ1v) is 24.7. The first-order valence-electron chi connectivity index (χ1n) is 24.7. The van der Waals surface area contributed by atoms with Crippen LogP contribution in [-0.4, -0.2) is 96.3 Å². The Kier molecular flexibility index (Phi) is 14.3. The molecule has 6 atom stereocenters. The average molecular weight is 1040 g/mol. The predicted molar refractivity (Wildman–Crippen MR) is 277 cm³/mol. The van der Waals surface area contributed by atoms with E-state index >= 15 is 19.2 Å². The van der Waals surface area contributed by atoms with E-state index in [2.05, 4.69) is 17.2 Å². The van der Waals surface area contributed by atoms with Gasteiger partial charge >= 0.3 is 18.1 Å². The summed E-state index contributed by atoms with van der Waals surface area (Å²) in [5.74, 6) is 3.35. The summed E-state index contributed by atoms with van der Waals surface area (Å²) in [6.07, 6.45) is -1.76. The summed E-state index contributed by atoms with van der Waals surface area (Å²) in [5, 5.41) is 23.6. The van der Waals surface area contributed by atoms with Gasteiger partial charge < -0.3 is 44.7 Å². The third-order valence-corrected chi connectivity index (χ3v) is 14.6. The molecule has 2 fully saturated rings. The molecule has 0 saturated carbocycles. The molecule has 0 aliphatic carbocycles. The number of amides is 5. The van der Waals surface area contributed by atoms with Gasteiger partial charge in [0.05, 0.1) is 56.0 Å². The number of methoxy groups -OCH3 is 2. The minimum absolute atomic E-state index is 0.0165. The largest absolute Gasteiger partial charge is 0.493 e. The van der Waals surface area contributed by atoms with E-state index in [9.17, 15) is 20.0 Å². The van der Waals surface area contributed by atoms with E-state index < -0.39 is 77.0 Å². The summed E-state index contributed by atoms with van der Waals surface area (Å²) in [5.41, 5.74) is 7.33. The summed E-state index contributed by atoms with van der Waals surface area (Å²) in [4.78, 5) is 91.1. The monoisotopic (exact) mass is 1040 g/mol. The molecule has 19 heteroatoms. The van der Waals surface area contributed by atoms with Gasteiger partial charge in [0.2, 0.25) is 11.8 Å². The maximum Gasteiger partial charge on any atom is 0.421 e. The number of urea groups is 1. The third-order valence-electron chi connectivity index (χ3n) is 14.6. The minimum Gasteiger partial charge on any atom is -0.493 e. The number of ether oxygens (including phenoxy) is 5.